The first kappa shape index (κ1) is 15.8. The second-order valence-electron chi connectivity index (χ2n) is 6.52. The van der Waals surface area contributed by atoms with E-state index in [1.165, 1.54) is 12.8 Å². The van der Waals surface area contributed by atoms with Crippen molar-refractivity contribution in [3.8, 4) is 0 Å². The average molecular weight is 282 g/mol. The minimum Gasteiger partial charge on any atom is -0.394 e. The van der Waals surface area contributed by atoms with Gasteiger partial charge in [-0.2, -0.15) is 0 Å². The van der Waals surface area contributed by atoms with Gasteiger partial charge in [-0.15, -0.1) is 0 Å². The Kier molecular flexibility index (Phi) is 6.30. The van der Waals surface area contributed by atoms with Crippen molar-refractivity contribution in [3.63, 3.8) is 0 Å². The molecule has 2 fully saturated rings. The summed E-state index contributed by atoms with van der Waals surface area (Å²) in [5, 5.41) is 9.56. The number of hydrogen-bond acceptors (Lipinski definition) is 3. The van der Waals surface area contributed by atoms with Gasteiger partial charge in [0, 0.05) is 12.5 Å². The van der Waals surface area contributed by atoms with Gasteiger partial charge in [0.1, 0.15) is 0 Å². The van der Waals surface area contributed by atoms with Gasteiger partial charge < -0.3 is 15.7 Å². The highest BCUT2D eigenvalue weighted by atomic mass is 16.3. The van der Waals surface area contributed by atoms with Gasteiger partial charge in [-0.25, -0.2) is 0 Å². The average Bonchev–Trinajstić information content (AvgIpc) is 2.72. The Morgan fingerprint density at radius 3 is 2.75 bits per heavy atom. The van der Waals surface area contributed by atoms with Crippen molar-refractivity contribution < 1.29 is 9.90 Å². The van der Waals surface area contributed by atoms with E-state index in [1.54, 1.807) is 0 Å². The van der Waals surface area contributed by atoms with E-state index in [-0.39, 0.29) is 18.6 Å². The number of aliphatic hydroxyl groups excluding tert-OH is 1. The molecule has 1 aliphatic heterocycles. The Morgan fingerprint density at radius 2 is 2.00 bits per heavy atom. The van der Waals surface area contributed by atoms with Gasteiger partial charge in [-0.05, 0) is 44.6 Å². The van der Waals surface area contributed by atoms with Gasteiger partial charge in [0.2, 0.25) is 5.91 Å². The van der Waals surface area contributed by atoms with Crippen molar-refractivity contribution in [3.05, 3.63) is 0 Å². The summed E-state index contributed by atoms with van der Waals surface area (Å²) in [4.78, 5) is 14.8. The molecule has 116 valence electrons. The molecule has 2 aliphatic rings. The highest BCUT2D eigenvalue weighted by Crippen LogP contribution is 2.33. The maximum absolute atomic E-state index is 12.8. The van der Waals surface area contributed by atoms with E-state index >= 15 is 0 Å². The van der Waals surface area contributed by atoms with Gasteiger partial charge in [0.25, 0.3) is 0 Å². The molecule has 4 heteroatoms. The molecule has 20 heavy (non-hydrogen) atoms. The van der Waals surface area contributed by atoms with Crippen LogP contribution in [0.4, 0.5) is 0 Å². The third kappa shape index (κ3) is 3.95. The van der Waals surface area contributed by atoms with Crippen LogP contribution in [-0.2, 0) is 4.79 Å². The van der Waals surface area contributed by atoms with Crippen molar-refractivity contribution in [1.82, 2.24) is 4.90 Å². The fourth-order valence-electron chi connectivity index (χ4n) is 3.90. The number of rotatable bonds is 4. The third-order valence-corrected chi connectivity index (χ3v) is 5.08. The molecule has 0 aromatic heterocycles. The lowest BCUT2D eigenvalue weighted by Gasteiger charge is -2.35. The van der Waals surface area contributed by atoms with Gasteiger partial charge >= 0.3 is 0 Å². The minimum atomic E-state index is 0.0554. The first-order valence-electron chi connectivity index (χ1n) is 8.37. The van der Waals surface area contributed by atoms with Crippen molar-refractivity contribution in [2.24, 2.45) is 17.6 Å². The van der Waals surface area contributed by atoms with E-state index < -0.39 is 0 Å². The van der Waals surface area contributed by atoms with Gasteiger partial charge in [0.05, 0.1) is 12.6 Å². The fourth-order valence-corrected chi connectivity index (χ4v) is 3.90. The van der Waals surface area contributed by atoms with Gasteiger partial charge in [0.15, 0.2) is 0 Å². The first-order valence-corrected chi connectivity index (χ1v) is 8.37. The van der Waals surface area contributed by atoms with Crippen LogP contribution in [0.1, 0.15) is 57.8 Å². The number of nitrogens with zero attached hydrogens (tertiary/aromatic N) is 1. The van der Waals surface area contributed by atoms with Crippen molar-refractivity contribution in [2.45, 2.75) is 63.8 Å². The molecule has 0 radical (unpaired) electrons. The Balaban J connectivity index is 1.97. The zero-order valence-corrected chi connectivity index (χ0v) is 12.6. The van der Waals surface area contributed by atoms with Gasteiger partial charge in [-0.1, -0.05) is 25.7 Å². The molecule has 2 rings (SSSR count). The molecule has 1 saturated carbocycles. The number of carbonyl (C=O) groups excluding carboxylic acids is 1. The monoisotopic (exact) mass is 282 g/mol. The molecule has 1 heterocycles. The standard InChI is InChI=1S/C16H30N2O2/c17-9-8-13-5-4-6-14(11-13)16(20)18-10-3-1-2-7-15(18)12-19/h13-15,19H,1-12,17H2. The van der Waals surface area contributed by atoms with Crippen LogP contribution in [0, 0.1) is 11.8 Å². The van der Waals surface area contributed by atoms with Crippen molar-refractivity contribution >= 4 is 5.91 Å². The van der Waals surface area contributed by atoms with Crippen LogP contribution < -0.4 is 5.73 Å². The maximum Gasteiger partial charge on any atom is 0.226 e. The molecule has 0 spiro atoms. The number of likely N-dealkylation sites (tertiary alicyclic amines) is 1. The fraction of sp³-hybridized carbons (Fsp3) is 0.938. The molecule has 3 N–H and O–H groups in total. The number of nitrogens with two attached hydrogens (primary N) is 1. The number of hydrogen-bond donors (Lipinski definition) is 2. The smallest absolute Gasteiger partial charge is 0.226 e. The molecule has 0 bridgehead atoms. The minimum absolute atomic E-state index is 0.0554. The topological polar surface area (TPSA) is 66.6 Å². The summed E-state index contributed by atoms with van der Waals surface area (Å²) in [6, 6.07) is 0.0554. The normalized spacial score (nSPS) is 31.9. The Morgan fingerprint density at radius 1 is 1.15 bits per heavy atom. The van der Waals surface area contributed by atoms with Crippen LogP contribution in [0.2, 0.25) is 0 Å². The van der Waals surface area contributed by atoms with E-state index in [2.05, 4.69) is 0 Å². The molecule has 0 aromatic carbocycles. The third-order valence-electron chi connectivity index (χ3n) is 5.08. The Bertz CT molecular complexity index is 307. The van der Waals surface area contributed by atoms with Crippen LogP contribution in [0.25, 0.3) is 0 Å². The lowest BCUT2D eigenvalue weighted by molar-refractivity contribution is -0.140. The molecule has 3 atom stereocenters. The van der Waals surface area contributed by atoms with E-state index in [1.807, 2.05) is 4.90 Å². The van der Waals surface area contributed by atoms with Crippen LogP contribution in [0.5, 0.6) is 0 Å². The second-order valence-corrected chi connectivity index (χ2v) is 6.52. The summed E-state index contributed by atoms with van der Waals surface area (Å²) < 4.78 is 0. The van der Waals surface area contributed by atoms with E-state index in [0.29, 0.717) is 11.8 Å². The number of aliphatic hydroxyl groups is 1. The predicted octanol–water partition coefficient (Wildman–Crippen LogP) is 1.91. The molecular weight excluding hydrogens is 252 g/mol. The Labute approximate surface area is 122 Å². The molecule has 4 nitrogen and oxygen atoms in total. The highest BCUT2D eigenvalue weighted by molar-refractivity contribution is 5.79. The first-order chi connectivity index (χ1) is 9.76. The van der Waals surface area contributed by atoms with Crippen LogP contribution in [0.3, 0.4) is 0 Å². The molecule has 1 aliphatic carbocycles. The highest BCUT2D eigenvalue weighted by Gasteiger charge is 2.33. The predicted molar refractivity (Wildman–Crippen MR) is 80.2 cm³/mol. The summed E-state index contributed by atoms with van der Waals surface area (Å²) in [6.07, 6.45) is 9.81. The number of carbonyl (C=O) groups is 1. The maximum atomic E-state index is 12.8. The zero-order chi connectivity index (χ0) is 14.4. The van der Waals surface area contributed by atoms with Crippen LogP contribution >= 0.6 is 0 Å². The zero-order valence-electron chi connectivity index (χ0n) is 12.6. The molecule has 1 saturated heterocycles. The quantitative estimate of drug-likeness (QED) is 0.827. The summed E-state index contributed by atoms with van der Waals surface area (Å²) in [6.45, 7) is 1.68. The summed E-state index contributed by atoms with van der Waals surface area (Å²) in [5.74, 6) is 1.10. The molecular formula is C16H30N2O2. The van der Waals surface area contributed by atoms with Crippen molar-refractivity contribution in [2.75, 3.05) is 19.7 Å². The van der Waals surface area contributed by atoms with Gasteiger partial charge in [-0.3, -0.25) is 4.79 Å². The SMILES string of the molecule is NCCC1CCCC(C(=O)N2CCCCCC2CO)C1. The van der Waals surface area contributed by atoms with Crippen LogP contribution in [-0.4, -0.2) is 41.7 Å². The second kappa shape index (κ2) is 7.99. The molecule has 0 aromatic rings. The van der Waals surface area contributed by atoms with E-state index in [4.69, 9.17) is 5.73 Å². The Hall–Kier alpha value is -0.610. The van der Waals surface area contributed by atoms with E-state index in [9.17, 15) is 9.90 Å². The van der Waals surface area contributed by atoms with E-state index in [0.717, 1.165) is 58.0 Å². The summed E-state index contributed by atoms with van der Waals surface area (Å²) in [7, 11) is 0. The summed E-state index contributed by atoms with van der Waals surface area (Å²) >= 11 is 0. The largest absolute Gasteiger partial charge is 0.394 e. The lowest BCUT2D eigenvalue weighted by Crippen LogP contribution is -2.46. The molecule has 1 amide bonds. The lowest BCUT2D eigenvalue weighted by atomic mass is 9.79. The molecule has 3 unspecified atom stereocenters. The van der Waals surface area contributed by atoms with Crippen LogP contribution in [0.15, 0.2) is 0 Å². The summed E-state index contributed by atoms with van der Waals surface area (Å²) in [5.41, 5.74) is 5.66. The number of amides is 1. The van der Waals surface area contributed by atoms with Crippen molar-refractivity contribution in [1.29, 1.82) is 0 Å².